The van der Waals surface area contributed by atoms with Crippen LogP contribution in [0.5, 0.6) is 0 Å². The van der Waals surface area contributed by atoms with Gasteiger partial charge in [-0.25, -0.2) is 14.4 Å². The van der Waals surface area contributed by atoms with Gasteiger partial charge < -0.3 is 10.6 Å². The first-order valence-electron chi connectivity index (χ1n) is 12.3. The van der Waals surface area contributed by atoms with Crippen molar-refractivity contribution in [2.45, 2.75) is 85.8 Å². The number of unbranched alkanes of at least 4 members (excludes halogenated alkanes) is 4. The molecule has 2 rings (SSSR count). The molecule has 0 bridgehead atoms. The van der Waals surface area contributed by atoms with E-state index in [-0.39, 0.29) is 16.8 Å². The largest absolute Gasteiger partial charge is 0.323 e. The summed E-state index contributed by atoms with van der Waals surface area (Å²) in [7, 11) is 0. The molecule has 0 aliphatic carbocycles. The van der Waals surface area contributed by atoms with E-state index in [1.807, 2.05) is 48.5 Å². The molecule has 2 aromatic carbocycles. The minimum atomic E-state index is -0.390. The Balaban J connectivity index is 2.10. The molecule has 0 aliphatic heterocycles. The molecule has 0 aliphatic rings. The summed E-state index contributed by atoms with van der Waals surface area (Å²) in [5.41, 5.74) is 1.27. The number of nitrogens with zero attached hydrogens (tertiary/aromatic N) is 2. The van der Waals surface area contributed by atoms with Crippen LogP contribution in [0.4, 0.5) is 16.2 Å². The van der Waals surface area contributed by atoms with Crippen molar-refractivity contribution < 1.29 is 14.4 Å². The molecule has 9 heteroatoms. The summed E-state index contributed by atoms with van der Waals surface area (Å²) >= 11 is 2.88. The van der Waals surface area contributed by atoms with Gasteiger partial charge in [-0.1, -0.05) is 100 Å². The second-order valence-electron chi connectivity index (χ2n) is 8.15. The maximum atomic E-state index is 12.9. The first-order valence-corrected chi connectivity index (χ1v) is 14.1. The molecule has 0 spiro atoms. The van der Waals surface area contributed by atoms with Crippen LogP contribution in [-0.2, 0) is 9.59 Å². The third-order valence-electron chi connectivity index (χ3n) is 5.30. The monoisotopic (exact) mass is 526 g/mol. The highest BCUT2D eigenvalue weighted by Crippen LogP contribution is 2.35. The molecular weight excluding hydrogens is 492 g/mol. The molecule has 0 radical (unpaired) electrons. The average molecular weight is 527 g/mol. The number of anilines is 2. The number of amides is 2. The number of rotatable bonds is 16. The lowest BCUT2D eigenvalue weighted by molar-refractivity contribution is 0.262. The molecule has 2 atom stereocenters. The van der Waals surface area contributed by atoms with E-state index in [9.17, 15) is 14.4 Å². The Morgan fingerprint density at radius 2 is 1.17 bits per heavy atom. The van der Waals surface area contributed by atoms with Gasteiger partial charge in [0.1, 0.15) is 10.7 Å². The van der Waals surface area contributed by atoms with Gasteiger partial charge in [-0.05, 0) is 37.1 Å². The number of isocyanates is 2. The van der Waals surface area contributed by atoms with Gasteiger partial charge in [0.2, 0.25) is 12.2 Å². The third-order valence-corrected chi connectivity index (χ3v) is 7.75. The summed E-state index contributed by atoms with van der Waals surface area (Å²) in [6, 6.07) is 14.5. The summed E-state index contributed by atoms with van der Waals surface area (Å²) < 4.78 is 0. The van der Waals surface area contributed by atoms with E-state index in [2.05, 4.69) is 34.5 Å². The molecule has 0 saturated heterocycles. The number of para-hydroxylation sites is 2. The predicted molar refractivity (Wildman–Crippen MR) is 149 cm³/mol. The SMILES string of the molecule is CCCCCC(N=C=O)Sc1ccccc1NC(=O)Nc1ccccc1SC(CCCCC)N=C=O. The Labute approximate surface area is 222 Å². The van der Waals surface area contributed by atoms with Gasteiger partial charge in [0.25, 0.3) is 0 Å². The molecule has 2 N–H and O–H groups in total. The highest BCUT2D eigenvalue weighted by molar-refractivity contribution is 8.00. The number of urea groups is 1. The lowest BCUT2D eigenvalue weighted by Crippen LogP contribution is -2.20. The van der Waals surface area contributed by atoms with Crippen LogP contribution in [0.15, 0.2) is 68.3 Å². The summed E-state index contributed by atoms with van der Waals surface area (Å²) in [4.78, 5) is 44.3. The smallest absolute Gasteiger partial charge is 0.307 e. The summed E-state index contributed by atoms with van der Waals surface area (Å²) in [6.45, 7) is 4.25. The molecule has 0 saturated carbocycles. The van der Waals surface area contributed by atoms with E-state index in [1.165, 1.54) is 23.5 Å². The third kappa shape index (κ3) is 10.8. The Morgan fingerprint density at radius 3 is 1.56 bits per heavy atom. The van der Waals surface area contributed by atoms with Crippen molar-refractivity contribution in [1.82, 2.24) is 0 Å². The zero-order chi connectivity index (χ0) is 26.0. The van der Waals surface area contributed by atoms with Crippen LogP contribution in [0, 0.1) is 0 Å². The Kier molecular flexibility index (Phi) is 14.4. The van der Waals surface area contributed by atoms with Crippen molar-refractivity contribution in [3.8, 4) is 0 Å². The van der Waals surface area contributed by atoms with E-state index in [4.69, 9.17) is 0 Å². The van der Waals surface area contributed by atoms with Gasteiger partial charge in [0.05, 0.1) is 11.4 Å². The maximum absolute atomic E-state index is 12.9. The number of carbonyl (C=O) groups excluding carboxylic acids is 3. The van der Waals surface area contributed by atoms with Crippen LogP contribution in [0.2, 0.25) is 0 Å². The number of nitrogens with one attached hydrogen (secondary N) is 2. The number of benzene rings is 2. The second-order valence-corrected chi connectivity index (χ2v) is 10.6. The van der Waals surface area contributed by atoms with Crippen molar-refractivity contribution >= 4 is 53.1 Å². The standard InChI is InChI=1S/C27H34N4O3S2/c1-3-5-7-17-25(28-19-32)35-23-15-11-9-13-21(23)30-27(34)31-22-14-10-12-16-24(22)36-26(29-20-33)18-8-6-4-2/h9-16,25-26H,3-8,17-18H2,1-2H3,(H2,30,31,34). The predicted octanol–water partition coefficient (Wildman–Crippen LogP) is 8.00. The average Bonchev–Trinajstić information content (AvgIpc) is 2.87. The van der Waals surface area contributed by atoms with Gasteiger partial charge in [-0.15, -0.1) is 0 Å². The molecular formula is C27H34N4O3S2. The summed E-state index contributed by atoms with van der Waals surface area (Å²) in [6.07, 6.45) is 11.1. The van der Waals surface area contributed by atoms with Gasteiger partial charge in [-0.3, -0.25) is 0 Å². The molecule has 2 unspecified atom stereocenters. The molecule has 192 valence electrons. The van der Waals surface area contributed by atoms with E-state index < -0.39 is 0 Å². The minimum absolute atomic E-state index is 0.250. The molecule has 0 heterocycles. The zero-order valence-corrected chi connectivity index (χ0v) is 22.5. The Hall–Kier alpha value is -2.83. The van der Waals surface area contributed by atoms with E-state index in [0.717, 1.165) is 61.2 Å². The minimum Gasteiger partial charge on any atom is -0.307 e. The molecule has 7 nitrogen and oxygen atoms in total. The molecule has 36 heavy (non-hydrogen) atoms. The topological polar surface area (TPSA) is 100.0 Å². The number of hydrogen-bond acceptors (Lipinski definition) is 7. The number of carbonyl (C=O) groups is 1. The van der Waals surface area contributed by atoms with E-state index in [0.29, 0.717) is 11.4 Å². The van der Waals surface area contributed by atoms with Crippen LogP contribution in [-0.4, -0.2) is 28.9 Å². The fourth-order valence-electron chi connectivity index (χ4n) is 3.47. The Bertz CT molecular complexity index is 971. The van der Waals surface area contributed by atoms with Crippen LogP contribution in [0.3, 0.4) is 0 Å². The summed E-state index contributed by atoms with van der Waals surface area (Å²) in [5, 5.41) is 5.33. The normalized spacial score (nSPS) is 12.1. The molecule has 2 amide bonds. The van der Waals surface area contributed by atoms with Crippen molar-refractivity contribution in [3.63, 3.8) is 0 Å². The number of thioether (sulfide) groups is 2. The fourth-order valence-corrected chi connectivity index (χ4v) is 5.62. The van der Waals surface area contributed by atoms with Crippen LogP contribution >= 0.6 is 23.5 Å². The number of aliphatic imine (C=N–C) groups is 2. The van der Waals surface area contributed by atoms with Crippen molar-refractivity contribution in [1.29, 1.82) is 0 Å². The van der Waals surface area contributed by atoms with E-state index >= 15 is 0 Å². The maximum Gasteiger partial charge on any atom is 0.323 e. The van der Waals surface area contributed by atoms with Crippen molar-refractivity contribution in [2.75, 3.05) is 10.6 Å². The van der Waals surface area contributed by atoms with Gasteiger partial charge in [0, 0.05) is 9.79 Å². The van der Waals surface area contributed by atoms with Gasteiger partial charge >= 0.3 is 6.03 Å². The van der Waals surface area contributed by atoms with Crippen molar-refractivity contribution in [3.05, 3.63) is 48.5 Å². The second kappa shape index (κ2) is 17.6. The van der Waals surface area contributed by atoms with Crippen LogP contribution in [0.1, 0.15) is 65.2 Å². The summed E-state index contributed by atoms with van der Waals surface area (Å²) in [5.74, 6) is 0. The van der Waals surface area contributed by atoms with Crippen molar-refractivity contribution in [2.24, 2.45) is 9.98 Å². The highest BCUT2D eigenvalue weighted by Gasteiger charge is 2.16. The first kappa shape index (κ1) is 29.4. The molecule has 0 aromatic heterocycles. The van der Waals surface area contributed by atoms with Gasteiger partial charge in [0.15, 0.2) is 0 Å². The number of hydrogen-bond donors (Lipinski definition) is 2. The van der Waals surface area contributed by atoms with E-state index in [1.54, 1.807) is 12.2 Å². The molecule has 2 aromatic rings. The van der Waals surface area contributed by atoms with Crippen LogP contribution < -0.4 is 10.6 Å². The lowest BCUT2D eigenvalue weighted by atomic mass is 10.2. The highest BCUT2D eigenvalue weighted by atomic mass is 32.2. The molecule has 0 fully saturated rings. The fraction of sp³-hybridized carbons (Fsp3) is 0.444. The van der Waals surface area contributed by atoms with Crippen LogP contribution in [0.25, 0.3) is 0 Å². The van der Waals surface area contributed by atoms with Gasteiger partial charge in [-0.2, -0.15) is 9.98 Å². The zero-order valence-electron chi connectivity index (χ0n) is 20.9. The lowest BCUT2D eigenvalue weighted by Gasteiger charge is -2.17. The Morgan fingerprint density at radius 1 is 0.750 bits per heavy atom. The quantitative estimate of drug-likeness (QED) is 0.0999. The first-order chi connectivity index (χ1) is 17.6.